The first kappa shape index (κ1) is 14.1. The molecule has 0 saturated carbocycles. The summed E-state index contributed by atoms with van der Waals surface area (Å²) < 4.78 is 5.23. The van der Waals surface area contributed by atoms with E-state index in [4.69, 9.17) is 4.74 Å². The SMILES string of the molecule is C=CCN1CCCC[C@@H]1C(O)c1cccc(OC)c1. The van der Waals surface area contributed by atoms with Crippen molar-refractivity contribution in [2.24, 2.45) is 0 Å². The fourth-order valence-electron chi connectivity index (χ4n) is 2.81. The van der Waals surface area contributed by atoms with E-state index in [0.717, 1.165) is 30.8 Å². The Kier molecular flexibility index (Phi) is 5.00. The molecule has 104 valence electrons. The molecule has 1 fully saturated rings. The smallest absolute Gasteiger partial charge is 0.119 e. The number of piperidine rings is 1. The zero-order chi connectivity index (χ0) is 13.7. The average molecular weight is 261 g/mol. The second kappa shape index (κ2) is 6.73. The number of nitrogens with zero attached hydrogens (tertiary/aromatic N) is 1. The summed E-state index contributed by atoms with van der Waals surface area (Å²) in [6, 6.07) is 7.90. The second-order valence-electron chi connectivity index (χ2n) is 5.07. The Morgan fingerprint density at radius 3 is 3.11 bits per heavy atom. The van der Waals surface area contributed by atoms with Crippen LogP contribution in [0.25, 0.3) is 0 Å². The van der Waals surface area contributed by atoms with E-state index in [1.165, 1.54) is 12.8 Å². The van der Waals surface area contributed by atoms with Gasteiger partial charge in [0.25, 0.3) is 0 Å². The number of hydrogen-bond acceptors (Lipinski definition) is 3. The number of aliphatic hydroxyl groups excluding tert-OH is 1. The number of ether oxygens (including phenoxy) is 1. The van der Waals surface area contributed by atoms with Crippen LogP contribution >= 0.6 is 0 Å². The standard InChI is InChI=1S/C16H23NO2/c1-3-10-17-11-5-4-9-15(17)16(18)13-7-6-8-14(12-13)19-2/h3,6-8,12,15-16,18H,1,4-5,9-11H2,2H3/t15-,16?/m1/s1. The minimum atomic E-state index is -0.463. The average Bonchev–Trinajstić information content (AvgIpc) is 2.47. The van der Waals surface area contributed by atoms with E-state index in [-0.39, 0.29) is 6.04 Å². The molecule has 1 aliphatic heterocycles. The van der Waals surface area contributed by atoms with Crippen LogP contribution in [-0.4, -0.2) is 36.2 Å². The minimum Gasteiger partial charge on any atom is -0.497 e. The Morgan fingerprint density at radius 1 is 1.53 bits per heavy atom. The van der Waals surface area contributed by atoms with Gasteiger partial charge in [-0.25, -0.2) is 0 Å². The Labute approximate surface area is 115 Å². The molecule has 2 atom stereocenters. The zero-order valence-corrected chi connectivity index (χ0v) is 11.6. The maximum absolute atomic E-state index is 10.6. The molecule has 0 bridgehead atoms. The van der Waals surface area contributed by atoms with E-state index in [9.17, 15) is 5.11 Å². The summed E-state index contributed by atoms with van der Waals surface area (Å²) in [5.74, 6) is 0.794. The Hall–Kier alpha value is -1.32. The van der Waals surface area contributed by atoms with Gasteiger partial charge in [0.1, 0.15) is 5.75 Å². The molecule has 0 radical (unpaired) electrons. The number of likely N-dealkylation sites (tertiary alicyclic amines) is 1. The van der Waals surface area contributed by atoms with Gasteiger partial charge in [0.15, 0.2) is 0 Å². The lowest BCUT2D eigenvalue weighted by atomic mass is 9.93. The van der Waals surface area contributed by atoms with Crippen LogP contribution in [0.2, 0.25) is 0 Å². The van der Waals surface area contributed by atoms with Crippen molar-refractivity contribution < 1.29 is 9.84 Å². The molecule has 3 heteroatoms. The van der Waals surface area contributed by atoms with Gasteiger partial charge >= 0.3 is 0 Å². The van der Waals surface area contributed by atoms with Crippen molar-refractivity contribution in [2.45, 2.75) is 31.4 Å². The van der Waals surface area contributed by atoms with Crippen molar-refractivity contribution in [3.05, 3.63) is 42.5 Å². The molecule has 1 heterocycles. The van der Waals surface area contributed by atoms with Crippen molar-refractivity contribution in [3.63, 3.8) is 0 Å². The highest BCUT2D eigenvalue weighted by molar-refractivity contribution is 5.30. The highest BCUT2D eigenvalue weighted by Crippen LogP contribution is 2.30. The number of hydrogen-bond donors (Lipinski definition) is 1. The highest BCUT2D eigenvalue weighted by Gasteiger charge is 2.28. The van der Waals surface area contributed by atoms with Gasteiger partial charge in [-0.2, -0.15) is 0 Å². The molecule has 3 nitrogen and oxygen atoms in total. The topological polar surface area (TPSA) is 32.7 Å². The largest absolute Gasteiger partial charge is 0.497 e. The summed E-state index contributed by atoms with van der Waals surface area (Å²) in [5, 5.41) is 10.6. The molecule has 0 amide bonds. The number of rotatable bonds is 5. The Balaban J connectivity index is 2.15. The summed E-state index contributed by atoms with van der Waals surface area (Å²) in [4.78, 5) is 2.32. The summed E-state index contributed by atoms with van der Waals surface area (Å²) in [6.45, 7) is 5.68. The fourth-order valence-corrected chi connectivity index (χ4v) is 2.81. The monoisotopic (exact) mass is 261 g/mol. The summed E-state index contributed by atoms with van der Waals surface area (Å²) in [5.41, 5.74) is 0.931. The van der Waals surface area contributed by atoms with Crippen molar-refractivity contribution in [3.8, 4) is 5.75 Å². The summed E-state index contributed by atoms with van der Waals surface area (Å²) in [7, 11) is 1.65. The lowest BCUT2D eigenvalue weighted by Crippen LogP contribution is -2.43. The van der Waals surface area contributed by atoms with Gasteiger partial charge in [0.05, 0.1) is 13.2 Å². The first-order valence-electron chi connectivity index (χ1n) is 6.93. The maximum Gasteiger partial charge on any atom is 0.119 e. The maximum atomic E-state index is 10.6. The van der Waals surface area contributed by atoms with Gasteiger partial charge in [-0.3, -0.25) is 4.90 Å². The Bertz CT molecular complexity index is 419. The van der Waals surface area contributed by atoms with Crippen LogP contribution in [0.5, 0.6) is 5.75 Å². The third-order valence-electron chi connectivity index (χ3n) is 3.83. The van der Waals surface area contributed by atoms with Gasteiger partial charge in [-0.1, -0.05) is 24.6 Å². The molecule has 1 N–H and O–H groups in total. The molecular formula is C16H23NO2. The van der Waals surface area contributed by atoms with Crippen molar-refractivity contribution >= 4 is 0 Å². The van der Waals surface area contributed by atoms with Gasteiger partial charge in [0.2, 0.25) is 0 Å². The minimum absolute atomic E-state index is 0.179. The van der Waals surface area contributed by atoms with Gasteiger partial charge in [0, 0.05) is 12.6 Å². The van der Waals surface area contributed by atoms with E-state index < -0.39 is 6.10 Å². The van der Waals surface area contributed by atoms with E-state index in [2.05, 4.69) is 11.5 Å². The lowest BCUT2D eigenvalue weighted by molar-refractivity contribution is 0.0316. The molecule has 1 aliphatic rings. The van der Waals surface area contributed by atoms with Crippen molar-refractivity contribution in [1.82, 2.24) is 4.90 Å². The fraction of sp³-hybridized carbons (Fsp3) is 0.500. The van der Waals surface area contributed by atoms with Crippen LogP contribution in [0.15, 0.2) is 36.9 Å². The van der Waals surface area contributed by atoms with Crippen LogP contribution in [-0.2, 0) is 0 Å². The molecule has 19 heavy (non-hydrogen) atoms. The first-order chi connectivity index (χ1) is 9.26. The number of aliphatic hydroxyl groups is 1. The third-order valence-corrected chi connectivity index (χ3v) is 3.83. The zero-order valence-electron chi connectivity index (χ0n) is 11.6. The Morgan fingerprint density at radius 2 is 2.37 bits per heavy atom. The summed E-state index contributed by atoms with van der Waals surface area (Å²) in [6.07, 6.45) is 4.87. The molecule has 1 saturated heterocycles. The molecule has 0 aromatic heterocycles. The molecule has 1 unspecified atom stereocenters. The molecular weight excluding hydrogens is 238 g/mol. The molecule has 2 rings (SSSR count). The number of methoxy groups -OCH3 is 1. The summed E-state index contributed by atoms with van der Waals surface area (Å²) >= 11 is 0. The predicted octanol–water partition coefficient (Wildman–Crippen LogP) is 2.77. The predicted molar refractivity (Wildman–Crippen MR) is 77.4 cm³/mol. The van der Waals surface area contributed by atoms with E-state index in [1.54, 1.807) is 7.11 Å². The van der Waals surface area contributed by atoms with Crippen LogP contribution in [0, 0.1) is 0 Å². The van der Waals surface area contributed by atoms with Crippen LogP contribution < -0.4 is 4.74 Å². The number of benzene rings is 1. The van der Waals surface area contributed by atoms with Gasteiger partial charge in [-0.05, 0) is 37.1 Å². The molecule has 1 aromatic rings. The van der Waals surface area contributed by atoms with E-state index >= 15 is 0 Å². The van der Waals surface area contributed by atoms with Crippen LogP contribution in [0.3, 0.4) is 0 Å². The molecule has 0 spiro atoms. The highest BCUT2D eigenvalue weighted by atomic mass is 16.5. The lowest BCUT2D eigenvalue weighted by Gasteiger charge is -2.38. The van der Waals surface area contributed by atoms with Crippen molar-refractivity contribution in [1.29, 1.82) is 0 Å². The van der Waals surface area contributed by atoms with E-state index in [1.807, 2.05) is 30.3 Å². The van der Waals surface area contributed by atoms with Crippen LogP contribution in [0.4, 0.5) is 0 Å². The third kappa shape index (κ3) is 3.37. The van der Waals surface area contributed by atoms with Gasteiger partial charge in [-0.15, -0.1) is 6.58 Å². The molecule has 1 aromatic carbocycles. The van der Waals surface area contributed by atoms with Crippen LogP contribution in [0.1, 0.15) is 30.9 Å². The van der Waals surface area contributed by atoms with Crippen molar-refractivity contribution in [2.75, 3.05) is 20.2 Å². The first-order valence-corrected chi connectivity index (χ1v) is 6.93. The van der Waals surface area contributed by atoms with E-state index in [0.29, 0.717) is 0 Å². The van der Waals surface area contributed by atoms with Gasteiger partial charge < -0.3 is 9.84 Å². The molecule has 0 aliphatic carbocycles. The quantitative estimate of drug-likeness (QED) is 0.827. The normalized spacial score (nSPS) is 21.9. The second-order valence-corrected chi connectivity index (χ2v) is 5.07.